The van der Waals surface area contributed by atoms with E-state index in [9.17, 15) is 9.59 Å². The molecule has 2 aromatic rings. The van der Waals surface area contributed by atoms with E-state index in [1.54, 1.807) is 24.3 Å². The van der Waals surface area contributed by atoms with Crippen LogP contribution >= 0.6 is 0 Å². The van der Waals surface area contributed by atoms with Gasteiger partial charge in [0.05, 0.1) is 12.2 Å². The number of rotatable bonds is 17. The third kappa shape index (κ3) is 10.5. The number of carbonyl (C=O) groups excluding carboxylic acids is 2. The number of hydrogen-bond donors (Lipinski definition) is 2. The minimum absolute atomic E-state index is 0.0535. The monoisotopic (exact) mass is 552 g/mol. The maximum atomic E-state index is 12.4. The Morgan fingerprint density at radius 3 is 1.40 bits per heavy atom. The first-order valence-electron chi connectivity index (χ1n) is 14.9. The van der Waals surface area contributed by atoms with Crippen molar-refractivity contribution in [3.63, 3.8) is 0 Å². The summed E-state index contributed by atoms with van der Waals surface area (Å²) in [5.41, 5.74) is 1.29. The van der Waals surface area contributed by atoms with Crippen molar-refractivity contribution >= 4 is 11.8 Å². The maximum absolute atomic E-state index is 12.4. The highest BCUT2D eigenvalue weighted by atomic mass is 16.5. The Morgan fingerprint density at radius 2 is 1.02 bits per heavy atom. The fraction of sp³-hybridized carbons (Fsp3) is 0.562. The Kier molecular flexibility index (Phi) is 12.6. The topological polar surface area (TPSA) is 95.1 Å². The Balaban J connectivity index is 0.969. The molecule has 2 N–H and O–H groups in total. The van der Waals surface area contributed by atoms with Crippen LogP contribution in [0.25, 0.3) is 0 Å². The van der Waals surface area contributed by atoms with Gasteiger partial charge in [-0.2, -0.15) is 0 Å². The summed E-state index contributed by atoms with van der Waals surface area (Å²) in [6.07, 6.45) is 10.9. The van der Waals surface area contributed by atoms with Gasteiger partial charge in [0.1, 0.15) is 24.7 Å². The summed E-state index contributed by atoms with van der Waals surface area (Å²) in [5.74, 6) is 1.41. The number of ether oxygens (including phenoxy) is 4. The van der Waals surface area contributed by atoms with Crippen LogP contribution in [-0.4, -0.2) is 63.5 Å². The lowest BCUT2D eigenvalue weighted by Crippen LogP contribution is -2.24. The van der Waals surface area contributed by atoms with Gasteiger partial charge in [-0.15, -0.1) is 0 Å². The van der Waals surface area contributed by atoms with Crippen molar-refractivity contribution in [2.45, 2.75) is 76.4 Å². The second kappa shape index (κ2) is 16.9. The van der Waals surface area contributed by atoms with Crippen LogP contribution in [-0.2, 0) is 9.47 Å². The summed E-state index contributed by atoms with van der Waals surface area (Å²) in [5, 5.41) is 5.99. The summed E-state index contributed by atoms with van der Waals surface area (Å²) >= 11 is 0. The van der Waals surface area contributed by atoms with E-state index in [0.29, 0.717) is 37.4 Å². The fourth-order valence-corrected chi connectivity index (χ4v) is 4.90. The molecular formula is C32H44N2O6. The molecule has 2 aliphatic heterocycles. The lowest BCUT2D eigenvalue weighted by atomic mass is 10.1. The molecule has 0 bridgehead atoms. The molecule has 2 aliphatic rings. The molecule has 2 saturated heterocycles. The molecule has 2 heterocycles. The van der Waals surface area contributed by atoms with Crippen LogP contribution in [0, 0.1) is 0 Å². The second-order valence-corrected chi connectivity index (χ2v) is 10.6. The molecule has 2 fully saturated rings. The molecule has 8 heteroatoms. The molecule has 2 amide bonds. The van der Waals surface area contributed by atoms with E-state index in [1.807, 2.05) is 24.3 Å². The number of hydrogen-bond acceptors (Lipinski definition) is 6. The standard InChI is InChI=1S/C32H44N2O6/c35-31(25-11-15-27(16-12-25)39-23-29-9-7-21-37-29)33-19-5-3-1-2-4-6-20-34-32(36)26-13-17-28(18-14-26)40-24-30-10-8-22-38-30/h11-18,29-30H,1-10,19-24H2,(H,33,35)(H,34,36). The van der Waals surface area contributed by atoms with Gasteiger partial charge in [-0.3, -0.25) is 9.59 Å². The highest BCUT2D eigenvalue weighted by Crippen LogP contribution is 2.18. The van der Waals surface area contributed by atoms with E-state index in [0.717, 1.165) is 88.9 Å². The molecule has 2 unspecified atom stereocenters. The van der Waals surface area contributed by atoms with E-state index in [4.69, 9.17) is 18.9 Å². The van der Waals surface area contributed by atoms with E-state index < -0.39 is 0 Å². The Labute approximate surface area is 238 Å². The molecule has 4 rings (SSSR count). The van der Waals surface area contributed by atoms with Crippen LogP contribution in [0.1, 0.15) is 84.9 Å². The van der Waals surface area contributed by atoms with Crippen LogP contribution in [0.15, 0.2) is 48.5 Å². The number of nitrogens with one attached hydrogen (secondary N) is 2. The molecule has 0 aliphatic carbocycles. The Bertz CT molecular complexity index is 931. The predicted molar refractivity (Wildman–Crippen MR) is 154 cm³/mol. The Hall–Kier alpha value is -3.10. The van der Waals surface area contributed by atoms with Gasteiger partial charge in [0.15, 0.2) is 0 Å². The van der Waals surface area contributed by atoms with Crippen molar-refractivity contribution in [3.8, 4) is 11.5 Å². The van der Waals surface area contributed by atoms with Crippen LogP contribution < -0.4 is 20.1 Å². The van der Waals surface area contributed by atoms with Crippen LogP contribution in [0.2, 0.25) is 0 Å². The van der Waals surface area contributed by atoms with Gasteiger partial charge < -0.3 is 29.6 Å². The normalized spacial score (nSPS) is 18.4. The molecule has 2 aromatic carbocycles. The third-order valence-electron chi connectivity index (χ3n) is 7.33. The first-order chi connectivity index (χ1) is 19.7. The van der Waals surface area contributed by atoms with Crippen molar-refractivity contribution in [2.24, 2.45) is 0 Å². The van der Waals surface area contributed by atoms with Gasteiger partial charge in [0, 0.05) is 37.4 Å². The van der Waals surface area contributed by atoms with Crippen LogP contribution in [0.4, 0.5) is 0 Å². The molecular weight excluding hydrogens is 508 g/mol. The summed E-state index contributed by atoms with van der Waals surface area (Å²) in [6.45, 7) is 4.09. The van der Waals surface area contributed by atoms with Crippen LogP contribution in [0.3, 0.4) is 0 Å². The first kappa shape index (κ1) is 29.9. The summed E-state index contributed by atoms with van der Waals surface area (Å²) in [6, 6.07) is 14.6. The second-order valence-electron chi connectivity index (χ2n) is 10.6. The van der Waals surface area contributed by atoms with Crippen molar-refractivity contribution < 1.29 is 28.5 Å². The lowest BCUT2D eigenvalue weighted by Gasteiger charge is -2.12. The highest BCUT2D eigenvalue weighted by molar-refractivity contribution is 5.94. The van der Waals surface area contributed by atoms with E-state index in [2.05, 4.69) is 10.6 Å². The molecule has 0 aromatic heterocycles. The zero-order valence-corrected chi connectivity index (χ0v) is 23.5. The number of unbranched alkanes of at least 4 members (excludes halogenated alkanes) is 5. The van der Waals surface area contributed by atoms with E-state index >= 15 is 0 Å². The third-order valence-corrected chi connectivity index (χ3v) is 7.33. The van der Waals surface area contributed by atoms with Crippen molar-refractivity contribution in [1.29, 1.82) is 0 Å². The highest BCUT2D eigenvalue weighted by Gasteiger charge is 2.17. The zero-order valence-electron chi connectivity index (χ0n) is 23.5. The minimum Gasteiger partial charge on any atom is -0.491 e. The molecule has 40 heavy (non-hydrogen) atoms. The van der Waals surface area contributed by atoms with Gasteiger partial charge in [0.25, 0.3) is 11.8 Å². The molecule has 218 valence electrons. The predicted octanol–water partition coefficient (Wildman–Crippen LogP) is 5.30. The molecule has 2 atom stereocenters. The number of amides is 2. The van der Waals surface area contributed by atoms with E-state index in [1.165, 1.54) is 0 Å². The largest absolute Gasteiger partial charge is 0.491 e. The first-order valence-corrected chi connectivity index (χ1v) is 14.9. The fourth-order valence-electron chi connectivity index (χ4n) is 4.90. The van der Waals surface area contributed by atoms with Crippen molar-refractivity contribution in [3.05, 3.63) is 59.7 Å². The molecule has 0 saturated carbocycles. The quantitative estimate of drug-likeness (QED) is 0.259. The smallest absolute Gasteiger partial charge is 0.251 e. The summed E-state index contributed by atoms with van der Waals surface area (Å²) in [4.78, 5) is 24.7. The lowest BCUT2D eigenvalue weighted by molar-refractivity contribution is 0.0679. The van der Waals surface area contributed by atoms with Gasteiger partial charge in [-0.05, 0) is 87.1 Å². The summed E-state index contributed by atoms with van der Waals surface area (Å²) in [7, 11) is 0. The van der Waals surface area contributed by atoms with Gasteiger partial charge >= 0.3 is 0 Å². The van der Waals surface area contributed by atoms with Gasteiger partial charge in [-0.25, -0.2) is 0 Å². The molecule has 0 radical (unpaired) electrons. The molecule has 0 spiro atoms. The zero-order chi connectivity index (χ0) is 27.8. The summed E-state index contributed by atoms with van der Waals surface area (Å²) < 4.78 is 22.6. The maximum Gasteiger partial charge on any atom is 0.251 e. The number of carbonyl (C=O) groups is 2. The Morgan fingerprint density at radius 1 is 0.625 bits per heavy atom. The van der Waals surface area contributed by atoms with E-state index in [-0.39, 0.29) is 24.0 Å². The van der Waals surface area contributed by atoms with Crippen molar-refractivity contribution in [2.75, 3.05) is 39.5 Å². The number of benzene rings is 2. The molecule has 8 nitrogen and oxygen atoms in total. The van der Waals surface area contributed by atoms with Crippen molar-refractivity contribution in [1.82, 2.24) is 10.6 Å². The average molecular weight is 553 g/mol. The van der Waals surface area contributed by atoms with Gasteiger partial charge in [-0.1, -0.05) is 25.7 Å². The minimum atomic E-state index is -0.0535. The van der Waals surface area contributed by atoms with Gasteiger partial charge in [0.2, 0.25) is 0 Å². The SMILES string of the molecule is O=C(NCCCCCCCCNC(=O)c1ccc(OCC2CCCO2)cc1)c1ccc(OCC2CCCO2)cc1. The average Bonchev–Trinajstić information content (AvgIpc) is 3.71. The van der Waals surface area contributed by atoms with Crippen LogP contribution in [0.5, 0.6) is 11.5 Å².